The van der Waals surface area contributed by atoms with Gasteiger partial charge in [-0.1, -0.05) is 19.1 Å². The Hall–Kier alpha value is -1.60. The zero-order valence-electron chi connectivity index (χ0n) is 15.2. The van der Waals surface area contributed by atoms with Gasteiger partial charge in [-0.3, -0.25) is 9.69 Å². The van der Waals surface area contributed by atoms with Gasteiger partial charge in [-0.15, -0.1) is 0 Å². The zero-order valence-corrected chi connectivity index (χ0v) is 16.0. The van der Waals surface area contributed by atoms with E-state index in [0.29, 0.717) is 13.0 Å². The first-order valence-electron chi connectivity index (χ1n) is 8.81. The third kappa shape index (κ3) is 3.82. The highest BCUT2D eigenvalue weighted by molar-refractivity contribution is 7.91. The predicted octanol–water partition coefficient (Wildman–Crippen LogP) is 0.625. The summed E-state index contributed by atoms with van der Waals surface area (Å²) in [6.07, 6.45) is 0.323. The lowest BCUT2D eigenvalue weighted by Crippen LogP contribution is -2.60. The minimum absolute atomic E-state index is 0.0282. The molecule has 2 saturated heterocycles. The quantitative estimate of drug-likeness (QED) is 0.783. The molecule has 0 aromatic heterocycles. The van der Waals surface area contributed by atoms with Crippen LogP contribution in [0.3, 0.4) is 0 Å². The molecule has 3 rings (SSSR count). The Morgan fingerprint density at radius 3 is 2.36 bits per heavy atom. The fraction of sp³-hybridized carbons (Fsp3) is 0.611. The maximum atomic E-state index is 12.8. The molecule has 0 spiro atoms. The fourth-order valence-electron chi connectivity index (χ4n) is 3.92. The number of rotatable bonds is 4. The van der Waals surface area contributed by atoms with Crippen molar-refractivity contribution in [2.24, 2.45) is 0 Å². The number of fused-ring (bicyclic) bond motifs is 1. The largest absolute Gasteiger partial charge is 0.378 e. The normalized spacial score (nSPS) is 25.6. The van der Waals surface area contributed by atoms with Gasteiger partial charge in [-0.2, -0.15) is 0 Å². The highest BCUT2D eigenvalue weighted by Crippen LogP contribution is 2.27. The summed E-state index contributed by atoms with van der Waals surface area (Å²) in [6, 6.07) is 7.69. The van der Waals surface area contributed by atoms with Crippen molar-refractivity contribution < 1.29 is 13.2 Å². The number of piperazine rings is 1. The summed E-state index contributed by atoms with van der Waals surface area (Å²) in [6.45, 7) is 4.23. The molecular formula is C18H27N3O3S. The van der Waals surface area contributed by atoms with Gasteiger partial charge in [-0.05, 0) is 24.2 Å². The number of hydrogen-bond acceptors (Lipinski definition) is 5. The van der Waals surface area contributed by atoms with Gasteiger partial charge in [0.15, 0.2) is 9.84 Å². The molecule has 0 aliphatic carbocycles. The van der Waals surface area contributed by atoms with Crippen LogP contribution < -0.4 is 4.90 Å². The first-order chi connectivity index (χ1) is 11.8. The third-order valence-corrected chi connectivity index (χ3v) is 7.02. The standard InChI is InChI=1S/C18H27N3O3S/c1-4-20-9-10-21(17-13-25(23,24)12-16(17)20)18(22)11-14-5-7-15(8-6-14)19(2)3/h5-8,16-17H,4,9-13H2,1-3H3/t16-,17+/m1/s1. The summed E-state index contributed by atoms with van der Waals surface area (Å²) < 4.78 is 24.2. The average Bonchev–Trinajstić information content (AvgIpc) is 2.89. The predicted molar refractivity (Wildman–Crippen MR) is 99.7 cm³/mol. The van der Waals surface area contributed by atoms with E-state index in [1.807, 2.05) is 50.2 Å². The Morgan fingerprint density at radius 1 is 1.12 bits per heavy atom. The van der Waals surface area contributed by atoms with Crippen LogP contribution in [0.5, 0.6) is 0 Å². The van der Waals surface area contributed by atoms with Gasteiger partial charge in [-0.25, -0.2) is 8.42 Å². The van der Waals surface area contributed by atoms with E-state index in [-0.39, 0.29) is 29.5 Å². The van der Waals surface area contributed by atoms with E-state index in [1.54, 1.807) is 4.90 Å². The molecule has 1 aromatic carbocycles. The van der Waals surface area contributed by atoms with Gasteiger partial charge < -0.3 is 9.80 Å². The molecule has 25 heavy (non-hydrogen) atoms. The molecule has 138 valence electrons. The number of carbonyl (C=O) groups is 1. The Morgan fingerprint density at radius 2 is 1.76 bits per heavy atom. The molecule has 2 heterocycles. The number of sulfone groups is 1. The van der Waals surface area contributed by atoms with Crippen LogP contribution in [0.25, 0.3) is 0 Å². The van der Waals surface area contributed by atoms with Gasteiger partial charge in [0.1, 0.15) is 0 Å². The Labute approximate surface area is 150 Å². The zero-order chi connectivity index (χ0) is 18.2. The summed E-state index contributed by atoms with van der Waals surface area (Å²) in [5, 5.41) is 0. The van der Waals surface area contributed by atoms with Crippen LogP contribution in [-0.4, -0.2) is 81.4 Å². The maximum Gasteiger partial charge on any atom is 0.227 e. The maximum absolute atomic E-state index is 12.8. The number of carbonyl (C=O) groups excluding carboxylic acids is 1. The number of anilines is 1. The summed E-state index contributed by atoms with van der Waals surface area (Å²) >= 11 is 0. The van der Waals surface area contributed by atoms with Gasteiger partial charge in [0.05, 0.1) is 24.0 Å². The van der Waals surface area contributed by atoms with E-state index >= 15 is 0 Å². The lowest BCUT2D eigenvalue weighted by atomic mass is 10.0. The monoisotopic (exact) mass is 365 g/mol. The molecule has 0 bridgehead atoms. The average molecular weight is 365 g/mol. The second kappa shape index (κ2) is 6.96. The lowest BCUT2D eigenvalue weighted by molar-refractivity contribution is -0.136. The van der Waals surface area contributed by atoms with E-state index in [4.69, 9.17) is 0 Å². The second-order valence-corrected chi connectivity index (χ2v) is 9.32. The van der Waals surface area contributed by atoms with Crippen LogP contribution in [-0.2, 0) is 21.1 Å². The molecule has 0 saturated carbocycles. The number of likely N-dealkylation sites (N-methyl/N-ethyl adjacent to an activating group) is 1. The molecule has 0 unspecified atom stereocenters. The molecule has 6 nitrogen and oxygen atoms in total. The molecule has 2 atom stereocenters. The molecule has 2 fully saturated rings. The van der Waals surface area contributed by atoms with Crippen LogP contribution in [0.2, 0.25) is 0 Å². The molecular weight excluding hydrogens is 338 g/mol. The summed E-state index contributed by atoms with van der Waals surface area (Å²) in [5.41, 5.74) is 2.06. The number of hydrogen-bond donors (Lipinski definition) is 0. The molecule has 1 amide bonds. The fourth-order valence-corrected chi connectivity index (χ4v) is 5.93. The van der Waals surface area contributed by atoms with E-state index in [2.05, 4.69) is 4.90 Å². The molecule has 2 aliphatic heterocycles. The summed E-state index contributed by atoms with van der Waals surface area (Å²) in [7, 11) is 0.893. The van der Waals surface area contributed by atoms with Crippen LogP contribution in [0, 0.1) is 0 Å². The number of nitrogens with zero attached hydrogens (tertiary/aromatic N) is 3. The van der Waals surface area contributed by atoms with Crippen LogP contribution in [0.4, 0.5) is 5.69 Å². The van der Waals surface area contributed by atoms with Crippen molar-refractivity contribution in [3.63, 3.8) is 0 Å². The van der Waals surface area contributed by atoms with E-state index in [0.717, 1.165) is 24.3 Å². The summed E-state index contributed by atoms with van der Waals surface area (Å²) in [5.74, 6) is 0.298. The third-order valence-electron chi connectivity index (χ3n) is 5.33. The molecule has 2 aliphatic rings. The lowest BCUT2D eigenvalue weighted by Gasteiger charge is -2.43. The van der Waals surface area contributed by atoms with Crippen LogP contribution >= 0.6 is 0 Å². The first kappa shape index (κ1) is 18.2. The van der Waals surface area contributed by atoms with Crippen molar-refractivity contribution in [2.75, 3.05) is 50.1 Å². The smallest absolute Gasteiger partial charge is 0.227 e. The first-order valence-corrected chi connectivity index (χ1v) is 10.6. The second-order valence-electron chi connectivity index (χ2n) is 7.16. The molecule has 7 heteroatoms. The van der Waals surface area contributed by atoms with E-state index < -0.39 is 9.84 Å². The molecule has 0 N–H and O–H groups in total. The Bertz CT molecular complexity index is 730. The Balaban J connectivity index is 1.73. The molecule has 0 radical (unpaired) electrons. The van der Waals surface area contributed by atoms with Crippen molar-refractivity contribution in [1.29, 1.82) is 0 Å². The minimum Gasteiger partial charge on any atom is -0.378 e. The summed E-state index contributed by atoms with van der Waals surface area (Å²) in [4.78, 5) is 18.9. The van der Waals surface area contributed by atoms with Crippen molar-refractivity contribution in [1.82, 2.24) is 9.80 Å². The van der Waals surface area contributed by atoms with Gasteiger partial charge in [0.25, 0.3) is 0 Å². The topological polar surface area (TPSA) is 60.9 Å². The van der Waals surface area contributed by atoms with Gasteiger partial charge in [0, 0.05) is 38.9 Å². The van der Waals surface area contributed by atoms with Crippen molar-refractivity contribution in [2.45, 2.75) is 25.4 Å². The van der Waals surface area contributed by atoms with Gasteiger partial charge in [0.2, 0.25) is 5.91 Å². The van der Waals surface area contributed by atoms with Crippen molar-refractivity contribution in [3.05, 3.63) is 29.8 Å². The highest BCUT2D eigenvalue weighted by atomic mass is 32.2. The Kier molecular flexibility index (Phi) is 5.06. The number of amides is 1. The number of benzene rings is 1. The van der Waals surface area contributed by atoms with E-state index in [1.165, 1.54) is 0 Å². The van der Waals surface area contributed by atoms with Crippen LogP contribution in [0.1, 0.15) is 12.5 Å². The SMILES string of the molecule is CCN1CCN(C(=O)Cc2ccc(N(C)C)cc2)[C@H]2CS(=O)(=O)C[C@H]21. The minimum atomic E-state index is -3.07. The highest BCUT2D eigenvalue weighted by Gasteiger charge is 2.47. The van der Waals surface area contributed by atoms with E-state index in [9.17, 15) is 13.2 Å². The van der Waals surface area contributed by atoms with Crippen LogP contribution in [0.15, 0.2) is 24.3 Å². The van der Waals surface area contributed by atoms with Crippen molar-refractivity contribution >= 4 is 21.4 Å². The van der Waals surface area contributed by atoms with Crippen molar-refractivity contribution in [3.8, 4) is 0 Å². The van der Waals surface area contributed by atoms with Gasteiger partial charge >= 0.3 is 0 Å². The molecule has 1 aromatic rings.